The van der Waals surface area contributed by atoms with E-state index in [2.05, 4.69) is 4.98 Å². The zero-order valence-corrected chi connectivity index (χ0v) is 16.4. The topological polar surface area (TPSA) is 69.5 Å². The molecule has 0 aliphatic carbocycles. The van der Waals surface area contributed by atoms with E-state index >= 15 is 0 Å². The predicted octanol–water partition coefficient (Wildman–Crippen LogP) is 2.69. The highest BCUT2D eigenvalue weighted by Gasteiger charge is 2.28. The fourth-order valence-electron chi connectivity index (χ4n) is 3.81. The van der Waals surface area contributed by atoms with Crippen molar-refractivity contribution in [1.29, 1.82) is 0 Å². The molecule has 7 heteroatoms. The molecule has 1 fully saturated rings. The molecule has 1 amide bonds. The van der Waals surface area contributed by atoms with Crippen molar-refractivity contribution in [2.45, 2.75) is 12.8 Å². The molecule has 3 aromatic rings. The van der Waals surface area contributed by atoms with Crippen molar-refractivity contribution in [3.05, 3.63) is 47.9 Å². The van der Waals surface area contributed by atoms with Crippen molar-refractivity contribution in [2.75, 3.05) is 27.3 Å². The van der Waals surface area contributed by atoms with Gasteiger partial charge in [0.2, 0.25) is 0 Å². The average molecular weight is 380 g/mol. The number of fused-ring (bicyclic) bond motifs is 1. The van der Waals surface area contributed by atoms with E-state index < -0.39 is 0 Å². The normalized spacial score (nSPS) is 16.5. The molecule has 2 aromatic heterocycles. The van der Waals surface area contributed by atoms with E-state index in [1.165, 1.54) is 0 Å². The Morgan fingerprint density at radius 2 is 1.96 bits per heavy atom. The van der Waals surface area contributed by atoms with Crippen LogP contribution in [0.15, 0.2) is 36.5 Å². The van der Waals surface area contributed by atoms with Gasteiger partial charge in [0.1, 0.15) is 22.8 Å². The molecule has 0 radical (unpaired) electrons. The summed E-state index contributed by atoms with van der Waals surface area (Å²) in [6.07, 6.45) is 3.58. The second kappa shape index (κ2) is 7.50. The van der Waals surface area contributed by atoms with Crippen molar-refractivity contribution in [1.82, 2.24) is 19.4 Å². The van der Waals surface area contributed by atoms with Gasteiger partial charge in [0, 0.05) is 44.4 Å². The van der Waals surface area contributed by atoms with Gasteiger partial charge in [0.15, 0.2) is 5.65 Å². The third-order valence-electron chi connectivity index (χ3n) is 5.36. The van der Waals surface area contributed by atoms with Crippen molar-refractivity contribution >= 4 is 17.1 Å². The molecule has 146 valence electrons. The molecule has 3 heterocycles. The van der Waals surface area contributed by atoms with Crippen LogP contribution >= 0.6 is 0 Å². The lowest BCUT2D eigenvalue weighted by Gasteiger charge is -2.17. The quantitative estimate of drug-likeness (QED) is 0.681. The van der Waals surface area contributed by atoms with Gasteiger partial charge in [-0.3, -0.25) is 4.79 Å². The number of benzene rings is 1. The zero-order chi connectivity index (χ0) is 19.7. The fourth-order valence-corrected chi connectivity index (χ4v) is 3.81. The maximum Gasteiger partial charge on any atom is 0.254 e. The summed E-state index contributed by atoms with van der Waals surface area (Å²) in [5, 5.41) is 0. The van der Waals surface area contributed by atoms with Crippen LogP contribution in [0.3, 0.4) is 0 Å². The Labute approximate surface area is 163 Å². The van der Waals surface area contributed by atoms with Crippen molar-refractivity contribution in [3.8, 4) is 11.5 Å². The lowest BCUT2D eigenvalue weighted by atomic mass is 10.0. The summed E-state index contributed by atoms with van der Waals surface area (Å²) in [5.74, 6) is 2.63. The molecule has 0 bridgehead atoms. The highest BCUT2D eigenvalue weighted by molar-refractivity contribution is 5.95. The SMILES string of the molecule is COc1cc(OC)cc(C(=O)N2CC[C@@H](Cc3nc4cccnc4n3C)C2)c1. The highest BCUT2D eigenvalue weighted by atomic mass is 16.5. The van der Waals surface area contributed by atoms with Gasteiger partial charge in [-0.25, -0.2) is 9.97 Å². The molecule has 1 atom stereocenters. The standard InChI is InChI=1S/C21H24N4O3/c1-24-19(23-18-5-4-7-22-20(18)24)9-14-6-8-25(13-14)21(26)15-10-16(27-2)12-17(11-15)28-3/h4-5,7,10-12,14H,6,8-9,13H2,1-3H3/t14-/m0/s1. The van der Waals surface area contributed by atoms with Crippen molar-refractivity contribution < 1.29 is 14.3 Å². The van der Waals surface area contributed by atoms with E-state index in [1.807, 2.05) is 28.6 Å². The monoisotopic (exact) mass is 380 g/mol. The summed E-state index contributed by atoms with van der Waals surface area (Å²) in [4.78, 5) is 24.0. The van der Waals surface area contributed by atoms with Gasteiger partial charge in [-0.05, 0) is 36.6 Å². The second-order valence-corrected chi connectivity index (χ2v) is 7.14. The maximum absolute atomic E-state index is 13.0. The van der Waals surface area contributed by atoms with Gasteiger partial charge < -0.3 is 18.9 Å². The molecule has 1 aliphatic heterocycles. The molecule has 0 N–H and O–H groups in total. The van der Waals surface area contributed by atoms with Gasteiger partial charge in [0.25, 0.3) is 5.91 Å². The van der Waals surface area contributed by atoms with Gasteiger partial charge in [-0.1, -0.05) is 0 Å². The maximum atomic E-state index is 13.0. The molecule has 4 rings (SSSR count). The van der Waals surface area contributed by atoms with E-state index in [4.69, 9.17) is 14.5 Å². The van der Waals surface area contributed by atoms with Crippen LogP contribution in [0.2, 0.25) is 0 Å². The molecule has 0 saturated carbocycles. The molecule has 1 saturated heterocycles. The first-order valence-corrected chi connectivity index (χ1v) is 9.37. The summed E-state index contributed by atoms with van der Waals surface area (Å²) < 4.78 is 12.6. The first-order valence-electron chi connectivity index (χ1n) is 9.37. The van der Waals surface area contributed by atoms with Crippen molar-refractivity contribution in [3.63, 3.8) is 0 Å². The largest absolute Gasteiger partial charge is 0.497 e. The van der Waals surface area contributed by atoms with Gasteiger partial charge in [-0.2, -0.15) is 0 Å². The number of hydrogen-bond donors (Lipinski definition) is 0. The number of nitrogens with zero attached hydrogens (tertiary/aromatic N) is 4. The molecule has 0 spiro atoms. The second-order valence-electron chi connectivity index (χ2n) is 7.14. The number of rotatable bonds is 5. The number of methoxy groups -OCH3 is 2. The Morgan fingerprint density at radius 1 is 1.21 bits per heavy atom. The third-order valence-corrected chi connectivity index (χ3v) is 5.36. The van der Waals surface area contributed by atoms with Crippen LogP contribution in [0.25, 0.3) is 11.2 Å². The average Bonchev–Trinajstić information content (AvgIpc) is 3.32. The smallest absolute Gasteiger partial charge is 0.254 e. The first kappa shape index (κ1) is 18.3. The van der Waals surface area contributed by atoms with Gasteiger partial charge >= 0.3 is 0 Å². The third kappa shape index (κ3) is 3.40. The number of aromatic nitrogens is 3. The summed E-state index contributed by atoms with van der Waals surface area (Å²) in [5.41, 5.74) is 2.39. The van der Waals surface area contributed by atoms with Gasteiger partial charge in [-0.15, -0.1) is 0 Å². The van der Waals surface area contributed by atoms with Crippen LogP contribution in [-0.4, -0.2) is 52.7 Å². The number of likely N-dealkylation sites (tertiary alicyclic amines) is 1. The Hall–Kier alpha value is -3.09. The summed E-state index contributed by atoms with van der Waals surface area (Å²) in [6.45, 7) is 1.46. The minimum atomic E-state index is 0.00590. The number of amides is 1. The molecule has 1 aliphatic rings. The zero-order valence-electron chi connectivity index (χ0n) is 16.4. The number of pyridine rings is 1. The van der Waals surface area contributed by atoms with Crippen LogP contribution in [-0.2, 0) is 13.5 Å². The Balaban J connectivity index is 1.48. The van der Waals surface area contributed by atoms with Gasteiger partial charge in [0.05, 0.1) is 14.2 Å². The van der Waals surface area contributed by atoms with Crippen LogP contribution < -0.4 is 9.47 Å². The molecule has 28 heavy (non-hydrogen) atoms. The molecular weight excluding hydrogens is 356 g/mol. The Morgan fingerprint density at radius 3 is 2.64 bits per heavy atom. The number of ether oxygens (including phenoxy) is 2. The van der Waals surface area contributed by atoms with Crippen LogP contribution in [0.4, 0.5) is 0 Å². The van der Waals surface area contributed by atoms with Crippen molar-refractivity contribution in [2.24, 2.45) is 13.0 Å². The first-order chi connectivity index (χ1) is 13.6. The lowest BCUT2D eigenvalue weighted by Crippen LogP contribution is -2.29. The summed E-state index contributed by atoms with van der Waals surface area (Å²) >= 11 is 0. The summed E-state index contributed by atoms with van der Waals surface area (Å²) in [6, 6.07) is 9.16. The van der Waals surface area contributed by atoms with E-state index in [0.29, 0.717) is 23.0 Å². The molecule has 7 nitrogen and oxygen atoms in total. The Bertz CT molecular complexity index is 992. The number of imidazole rings is 1. The summed E-state index contributed by atoms with van der Waals surface area (Å²) in [7, 11) is 5.17. The number of hydrogen-bond acceptors (Lipinski definition) is 5. The number of carbonyl (C=O) groups is 1. The van der Waals surface area contributed by atoms with E-state index in [1.54, 1.807) is 38.6 Å². The number of aryl methyl sites for hydroxylation is 1. The Kier molecular flexibility index (Phi) is 4.90. The van der Waals surface area contributed by atoms with Crippen LogP contribution in [0.1, 0.15) is 22.6 Å². The van der Waals surface area contributed by atoms with Crippen LogP contribution in [0.5, 0.6) is 11.5 Å². The van der Waals surface area contributed by atoms with E-state index in [9.17, 15) is 4.79 Å². The van der Waals surface area contributed by atoms with Crippen LogP contribution in [0, 0.1) is 5.92 Å². The predicted molar refractivity (Wildman–Crippen MR) is 106 cm³/mol. The van der Waals surface area contributed by atoms with E-state index in [0.717, 1.165) is 42.9 Å². The number of carbonyl (C=O) groups excluding carboxylic acids is 1. The molecular formula is C21H24N4O3. The minimum Gasteiger partial charge on any atom is -0.497 e. The van der Waals surface area contributed by atoms with E-state index in [-0.39, 0.29) is 5.91 Å². The minimum absolute atomic E-state index is 0.00590. The lowest BCUT2D eigenvalue weighted by molar-refractivity contribution is 0.0786. The highest BCUT2D eigenvalue weighted by Crippen LogP contribution is 2.27. The molecule has 1 aromatic carbocycles. The fraction of sp³-hybridized carbons (Fsp3) is 0.381. The molecule has 0 unspecified atom stereocenters.